The third kappa shape index (κ3) is 4.61. The van der Waals surface area contributed by atoms with Gasteiger partial charge in [-0.2, -0.15) is 0 Å². The topological polar surface area (TPSA) is 40.5 Å². The monoisotopic (exact) mass is 261 g/mol. The number of likely N-dealkylation sites (N-methyl/N-ethyl adjacent to an activating group) is 1. The van der Waals surface area contributed by atoms with Gasteiger partial charge < -0.3 is 5.11 Å². The van der Waals surface area contributed by atoms with Crippen LogP contribution in [0.25, 0.3) is 0 Å². The van der Waals surface area contributed by atoms with Crippen molar-refractivity contribution in [3.63, 3.8) is 0 Å². The summed E-state index contributed by atoms with van der Waals surface area (Å²) in [6.07, 6.45) is 0. The standard InChI is InChI=1S/C11H16ClNO2S/c1-11(2,15)7-13(3)6-8(14)9-4-5-10(12)16-9/h4-5,15H,6-7H2,1-3H3. The summed E-state index contributed by atoms with van der Waals surface area (Å²) in [5.74, 6) is 0.0312. The highest BCUT2D eigenvalue weighted by Gasteiger charge is 2.18. The molecular formula is C11H16ClNO2S. The number of nitrogens with zero attached hydrogens (tertiary/aromatic N) is 1. The van der Waals surface area contributed by atoms with E-state index in [0.717, 1.165) is 0 Å². The first kappa shape index (κ1) is 13.6. The number of thiophene rings is 1. The number of halogens is 1. The fraction of sp³-hybridized carbons (Fsp3) is 0.545. The van der Waals surface area contributed by atoms with Crippen LogP contribution in [0.5, 0.6) is 0 Å². The molecule has 0 aliphatic rings. The third-order valence-electron chi connectivity index (χ3n) is 1.92. The average Bonchev–Trinajstić information content (AvgIpc) is 2.47. The minimum Gasteiger partial charge on any atom is -0.389 e. The Kier molecular flexibility index (Phi) is 4.50. The van der Waals surface area contributed by atoms with Gasteiger partial charge in [-0.25, -0.2) is 0 Å². The van der Waals surface area contributed by atoms with Gasteiger partial charge in [0, 0.05) is 6.54 Å². The summed E-state index contributed by atoms with van der Waals surface area (Å²) in [5, 5.41) is 9.60. The molecule has 0 fully saturated rings. The van der Waals surface area contributed by atoms with Crippen molar-refractivity contribution in [3.05, 3.63) is 21.3 Å². The predicted molar refractivity (Wildman–Crippen MR) is 67.5 cm³/mol. The van der Waals surface area contributed by atoms with Crippen LogP contribution >= 0.6 is 22.9 Å². The maximum atomic E-state index is 11.8. The molecular weight excluding hydrogens is 246 g/mol. The Balaban J connectivity index is 2.52. The molecule has 0 unspecified atom stereocenters. The summed E-state index contributed by atoms with van der Waals surface area (Å²) in [5.41, 5.74) is -0.790. The molecule has 1 N–H and O–H groups in total. The maximum Gasteiger partial charge on any atom is 0.186 e. The Morgan fingerprint density at radius 3 is 2.62 bits per heavy atom. The molecule has 0 bridgehead atoms. The Labute approximate surface area is 105 Å². The van der Waals surface area contributed by atoms with E-state index >= 15 is 0 Å². The van der Waals surface area contributed by atoms with Crippen LogP contribution in [0.4, 0.5) is 0 Å². The molecule has 0 aliphatic carbocycles. The number of hydrogen-bond acceptors (Lipinski definition) is 4. The Bertz CT molecular complexity index is 370. The molecule has 0 saturated carbocycles. The van der Waals surface area contributed by atoms with Crippen LogP contribution in [-0.4, -0.2) is 41.5 Å². The zero-order chi connectivity index (χ0) is 12.3. The molecule has 3 nitrogen and oxygen atoms in total. The number of hydrogen-bond donors (Lipinski definition) is 1. The molecule has 1 rings (SSSR count). The van der Waals surface area contributed by atoms with E-state index in [1.165, 1.54) is 11.3 Å². The maximum absolute atomic E-state index is 11.8. The van der Waals surface area contributed by atoms with E-state index in [1.54, 1.807) is 30.9 Å². The van der Waals surface area contributed by atoms with E-state index in [1.807, 2.05) is 7.05 Å². The summed E-state index contributed by atoms with van der Waals surface area (Å²) < 4.78 is 0.619. The van der Waals surface area contributed by atoms with E-state index in [0.29, 0.717) is 22.3 Å². The normalized spacial score (nSPS) is 12.1. The van der Waals surface area contributed by atoms with Crippen LogP contribution in [0.1, 0.15) is 23.5 Å². The highest BCUT2D eigenvalue weighted by molar-refractivity contribution is 7.18. The molecule has 90 valence electrons. The van der Waals surface area contributed by atoms with Crippen LogP contribution in [0.2, 0.25) is 4.34 Å². The van der Waals surface area contributed by atoms with Crippen molar-refractivity contribution >= 4 is 28.7 Å². The van der Waals surface area contributed by atoms with Gasteiger partial charge >= 0.3 is 0 Å². The fourth-order valence-electron chi connectivity index (χ4n) is 1.50. The van der Waals surface area contributed by atoms with E-state index < -0.39 is 5.60 Å². The van der Waals surface area contributed by atoms with Crippen LogP contribution < -0.4 is 0 Å². The number of ketones is 1. The van der Waals surface area contributed by atoms with Gasteiger partial charge in [-0.05, 0) is 33.0 Å². The number of aliphatic hydroxyl groups is 1. The van der Waals surface area contributed by atoms with E-state index in [9.17, 15) is 9.90 Å². The first-order valence-electron chi connectivity index (χ1n) is 4.97. The highest BCUT2D eigenvalue weighted by atomic mass is 35.5. The molecule has 0 amide bonds. The number of carbonyl (C=O) groups is 1. The summed E-state index contributed by atoms with van der Waals surface area (Å²) >= 11 is 7.04. The van der Waals surface area contributed by atoms with Gasteiger partial charge in [0.05, 0.1) is 21.4 Å². The minimum atomic E-state index is -0.790. The van der Waals surface area contributed by atoms with Crippen molar-refractivity contribution in [2.75, 3.05) is 20.1 Å². The van der Waals surface area contributed by atoms with Gasteiger partial charge in [-0.15, -0.1) is 11.3 Å². The molecule has 1 aromatic heterocycles. The first-order chi connectivity index (χ1) is 7.28. The second-order valence-corrected chi connectivity index (χ2v) is 6.23. The fourth-order valence-corrected chi connectivity index (χ4v) is 2.48. The molecule has 0 aliphatic heterocycles. The van der Waals surface area contributed by atoms with Crippen molar-refractivity contribution in [3.8, 4) is 0 Å². The van der Waals surface area contributed by atoms with Gasteiger partial charge in [0.15, 0.2) is 5.78 Å². The lowest BCUT2D eigenvalue weighted by Gasteiger charge is -2.24. The molecule has 5 heteroatoms. The van der Waals surface area contributed by atoms with Crippen LogP contribution in [-0.2, 0) is 0 Å². The first-order valence-corrected chi connectivity index (χ1v) is 6.17. The lowest BCUT2D eigenvalue weighted by molar-refractivity contribution is 0.0440. The highest BCUT2D eigenvalue weighted by Crippen LogP contribution is 2.21. The molecule has 0 spiro atoms. The number of Topliss-reactive ketones (excluding diaryl/α,β-unsaturated/α-hetero) is 1. The smallest absolute Gasteiger partial charge is 0.186 e. The third-order valence-corrected chi connectivity index (χ3v) is 3.19. The second kappa shape index (κ2) is 5.27. The number of carbonyl (C=O) groups excluding carboxylic acids is 1. The minimum absolute atomic E-state index is 0.0312. The lowest BCUT2D eigenvalue weighted by atomic mass is 10.1. The van der Waals surface area contributed by atoms with Crippen LogP contribution in [0, 0.1) is 0 Å². The average molecular weight is 262 g/mol. The Hall–Kier alpha value is -0.420. The van der Waals surface area contributed by atoms with Crippen molar-refractivity contribution in [1.82, 2.24) is 4.90 Å². The van der Waals surface area contributed by atoms with E-state index in [2.05, 4.69) is 0 Å². The van der Waals surface area contributed by atoms with E-state index in [4.69, 9.17) is 11.6 Å². The van der Waals surface area contributed by atoms with Crippen molar-refractivity contribution in [2.24, 2.45) is 0 Å². The quantitative estimate of drug-likeness (QED) is 0.827. The molecule has 0 radical (unpaired) electrons. The summed E-state index contributed by atoms with van der Waals surface area (Å²) in [4.78, 5) is 14.2. The molecule has 1 heterocycles. The lowest BCUT2D eigenvalue weighted by Crippen LogP contribution is -2.38. The van der Waals surface area contributed by atoms with Gasteiger partial charge in [-0.3, -0.25) is 9.69 Å². The SMILES string of the molecule is CN(CC(=O)c1ccc(Cl)s1)CC(C)(C)O. The molecule has 0 saturated heterocycles. The van der Waals surface area contributed by atoms with Crippen molar-refractivity contribution in [1.29, 1.82) is 0 Å². The van der Waals surface area contributed by atoms with Crippen LogP contribution in [0.15, 0.2) is 12.1 Å². The Morgan fingerprint density at radius 2 is 2.19 bits per heavy atom. The zero-order valence-electron chi connectivity index (χ0n) is 9.66. The molecule has 0 aromatic carbocycles. The molecule has 0 atom stereocenters. The van der Waals surface area contributed by atoms with Crippen LogP contribution in [0.3, 0.4) is 0 Å². The summed E-state index contributed by atoms with van der Waals surface area (Å²) in [6, 6.07) is 3.45. The molecule has 16 heavy (non-hydrogen) atoms. The van der Waals surface area contributed by atoms with Crippen molar-refractivity contribution in [2.45, 2.75) is 19.4 Å². The number of rotatable bonds is 5. The van der Waals surface area contributed by atoms with Gasteiger partial charge in [-0.1, -0.05) is 11.6 Å². The van der Waals surface area contributed by atoms with Gasteiger partial charge in [0.1, 0.15) is 0 Å². The second-order valence-electron chi connectivity index (χ2n) is 4.51. The van der Waals surface area contributed by atoms with Crippen molar-refractivity contribution < 1.29 is 9.90 Å². The van der Waals surface area contributed by atoms with E-state index in [-0.39, 0.29) is 5.78 Å². The Morgan fingerprint density at radius 1 is 1.56 bits per heavy atom. The summed E-state index contributed by atoms with van der Waals surface area (Å²) in [7, 11) is 1.81. The largest absolute Gasteiger partial charge is 0.389 e. The predicted octanol–water partition coefficient (Wildman–Crippen LogP) is 2.29. The van der Waals surface area contributed by atoms with Gasteiger partial charge in [0.25, 0.3) is 0 Å². The molecule has 1 aromatic rings. The van der Waals surface area contributed by atoms with Gasteiger partial charge in [0.2, 0.25) is 0 Å². The zero-order valence-corrected chi connectivity index (χ0v) is 11.2. The summed E-state index contributed by atoms with van der Waals surface area (Å²) in [6.45, 7) is 4.19.